The van der Waals surface area contributed by atoms with Gasteiger partial charge in [0.25, 0.3) is 0 Å². The smallest absolute Gasteiger partial charge is 0.112 e. The summed E-state index contributed by atoms with van der Waals surface area (Å²) in [6.45, 7) is 0.896. The maximum Gasteiger partial charge on any atom is 0.112 e. The quantitative estimate of drug-likeness (QED) is 0.439. The maximum atomic E-state index is 13.0. The Morgan fingerprint density at radius 3 is 2.45 bits per heavy atom. The number of hydrogen-bond acceptors (Lipinski definition) is 1. The molecule has 3 aromatic rings. The van der Waals surface area contributed by atoms with Crippen LogP contribution in [0.25, 0.3) is 10.9 Å². The lowest BCUT2D eigenvalue weighted by Gasteiger charge is -2.10. The Labute approximate surface area is 141 Å². The second-order valence-electron chi connectivity index (χ2n) is 5.17. The summed E-state index contributed by atoms with van der Waals surface area (Å²) in [5.74, 6) is 0. The maximum absolute atomic E-state index is 13.0. The molecule has 1 atom stereocenters. The molecule has 0 aliphatic heterocycles. The first-order valence-electron chi connectivity index (χ1n) is 7.42. The average Bonchev–Trinajstić information content (AvgIpc) is 2.94. The highest BCUT2D eigenvalue weighted by molar-refractivity contribution is 9.09. The number of nitrogens with zero attached hydrogens (tertiary/aromatic N) is 1. The summed E-state index contributed by atoms with van der Waals surface area (Å²) in [6, 6.07) is 20.0. The molecular formula is C18H18BrNOS. The zero-order valence-electron chi connectivity index (χ0n) is 12.2. The molecule has 0 saturated heterocycles. The lowest BCUT2D eigenvalue weighted by molar-refractivity contribution is 0.606. The number of benzene rings is 2. The van der Waals surface area contributed by atoms with Crippen LogP contribution < -0.4 is 0 Å². The van der Waals surface area contributed by atoms with Gasteiger partial charge in [-0.05, 0) is 37.1 Å². The van der Waals surface area contributed by atoms with Gasteiger partial charge in [0.05, 0.1) is 0 Å². The van der Waals surface area contributed by atoms with Crippen molar-refractivity contribution in [3.63, 3.8) is 0 Å². The average molecular weight is 376 g/mol. The van der Waals surface area contributed by atoms with E-state index in [-0.39, 0.29) is 0 Å². The largest absolute Gasteiger partial charge is 0.333 e. The van der Waals surface area contributed by atoms with E-state index in [1.54, 1.807) is 0 Å². The summed E-state index contributed by atoms with van der Waals surface area (Å²) < 4.78 is 15.2. The molecule has 0 fully saturated rings. The van der Waals surface area contributed by atoms with Crippen LogP contribution in [0.5, 0.6) is 0 Å². The van der Waals surface area contributed by atoms with Crippen LogP contribution in [0.3, 0.4) is 0 Å². The highest BCUT2D eigenvalue weighted by atomic mass is 79.9. The first-order valence-corrected chi connectivity index (χ1v) is 9.69. The first-order chi connectivity index (χ1) is 10.8. The van der Waals surface area contributed by atoms with E-state index in [1.807, 2.05) is 42.5 Å². The van der Waals surface area contributed by atoms with Crippen LogP contribution in [0.1, 0.15) is 12.8 Å². The molecule has 0 spiro atoms. The van der Waals surface area contributed by atoms with Gasteiger partial charge in [-0.25, -0.2) is 4.21 Å². The summed E-state index contributed by atoms with van der Waals surface area (Å²) in [5.41, 5.74) is 1.16. The third-order valence-electron chi connectivity index (χ3n) is 3.69. The molecule has 1 unspecified atom stereocenters. The van der Waals surface area contributed by atoms with Crippen molar-refractivity contribution >= 4 is 37.6 Å². The molecule has 2 aromatic carbocycles. The fourth-order valence-corrected chi connectivity index (χ4v) is 4.26. The number of aryl methyl sites for hydroxylation is 1. The van der Waals surface area contributed by atoms with E-state index in [0.717, 1.165) is 45.5 Å². The van der Waals surface area contributed by atoms with Gasteiger partial charge in [-0.15, -0.1) is 0 Å². The van der Waals surface area contributed by atoms with E-state index < -0.39 is 10.8 Å². The molecule has 0 amide bonds. The Balaban J connectivity index is 2.04. The molecule has 1 aromatic heterocycles. The van der Waals surface area contributed by atoms with Gasteiger partial charge >= 0.3 is 0 Å². The minimum absolute atomic E-state index is 0.854. The van der Waals surface area contributed by atoms with E-state index in [4.69, 9.17) is 0 Å². The van der Waals surface area contributed by atoms with Gasteiger partial charge in [0.2, 0.25) is 0 Å². The van der Waals surface area contributed by atoms with Crippen LogP contribution in [0.15, 0.2) is 70.6 Å². The predicted octanol–water partition coefficient (Wildman–Crippen LogP) is 4.98. The van der Waals surface area contributed by atoms with E-state index in [9.17, 15) is 4.21 Å². The Hall–Kier alpha value is -1.39. The van der Waals surface area contributed by atoms with Crippen molar-refractivity contribution in [1.29, 1.82) is 0 Å². The summed E-state index contributed by atoms with van der Waals surface area (Å²) in [6.07, 6.45) is 2.19. The molecular weight excluding hydrogens is 358 g/mol. The first kappa shape index (κ1) is 15.5. The molecule has 2 nitrogen and oxygen atoms in total. The molecule has 0 radical (unpaired) electrons. The molecule has 0 aliphatic carbocycles. The summed E-state index contributed by atoms with van der Waals surface area (Å²) in [7, 11) is -1.15. The van der Waals surface area contributed by atoms with Gasteiger partial charge in [-0.3, -0.25) is 0 Å². The fraction of sp³-hybridized carbons (Fsp3) is 0.222. The second kappa shape index (κ2) is 7.25. The van der Waals surface area contributed by atoms with Gasteiger partial charge in [-0.2, -0.15) is 0 Å². The number of alkyl halides is 1. The summed E-state index contributed by atoms with van der Waals surface area (Å²) >= 11 is 3.48. The molecule has 0 aliphatic rings. The minimum atomic E-state index is -1.15. The monoisotopic (exact) mass is 375 g/mol. The van der Waals surface area contributed by atoms with Gasteiger partial charge in [0.15, 0.2) is 0 Å². The topological polar surface area (TPSA) is 22.0 Å². The fourth-order valence-electron chi connectivity index (χ4n) is 2.60. The standard InChI is InChI=1S/C18H18BrNOS/c19-12-6-7-13-20-17-11-5-4-8-15(17)14-18(20)22(21)16-9-2-1-3-10-16/h1-5,8-11,14H,6-7,12-13H2. The normalized spacial score (nSPS) is 12.6. The number of hydrogen-bond donors (Lipinski definition) is 0. The van der Waals surface area contributed by atoms with E-state index >= 15 is 0 Å². The third-order valence-corrected chi connectivity index (χ3v) is 5.66. The Bertz CT molecular complexity index is 782. The van der Waals surface area contributed by atoms with Gasteiger partial charge in [0, 0.05) is 27.7 Å². The van der Waals surface area contributed by atoms with Crippen molar-refractivity contribution in [2.24, 2.45) is 0 Å². The van der Waals surface area contributed by atoms with Gasteiger partial charge in [0.1, 0.15) is 15.8 Å². The number of para-hydroxylation sites is 1. The molecule has 4 heteroatoms. The van der Waals surface area contributed by atoms with Crippen LogP contribution >= 0.6 is 15.9 Å². The second-order valence-corrected chi connectivity index (χ2v) is 7.39. The number of aromatic nitrogens is 1. The van der Waals surface area contributed by atoms with E-state index in [1.165, 1.54) is 0 Å². The number of unbranched alkanes of at least 4 members (excludes halogenated alkanes) is 1. The highest BCUT2D eigenvalue weighted by Gasteiger charge is 2.15. The minimum Gasteiger partial charge on any atom is -0.333 e. The van der Waals surface area contributed by atoms with Crippen molar-refractivity contribution in [3.05, 3.63) is 60.7 Å². The molecule has 114 valence electrons. The highest BCUT2D eigenvalue weighted by Crippen LogP contribution is 2.26. The van der Waals surface area contributed by atoms with Gasteiger partial charge < -0.3 is 4.57 Å². The number of halogens is 1. The lowest BCUT2D eigenvalue weighted by Crippen LogP contribution is -2.05. The molecule has 0 N–H and O–H groups in total. The van der Waals surface area contributed by atoms with Crippen molar-refractivity contribution in [2.45, 2.75) is 29.3 Å². The molecule has 1 heterocycles. The lowest BCUT2D eigenvalue weighted by atomic mass is 10.2. The van der Waals surface area contributed by atoms with Crippen LogP contribution in [0, 0.1) is 0 Å². The van der Waals surface area contributed by atoms with Crippen molar-refractivity contribution < 1.29 is 4.21 Å². The molecule has 3 rings (SSSR count). The Morgan fingerprint density at radius 1 is 0.955 bits per heavy atom. The zero-order valence-corrected chi connectivity index (χ0v) is 14.6. The molecule has 22 heavy (non-hydrogen) atoms. The van der Waals surface area contributed by atoms with Crippen LogP contribution in [0.4, 0.5) is 0 Å². The van der Waals surface area contributed by atoms with Crippen LogP contribution in [-0.2, 0) is 17.3 Å². The van der Waals surface area contributed by atoms with Crippen molar-refractivity contribution in [2.75, 3.05) is 5.33 Å². The third kappa shape index (κ3) is 3.18. The van der Waals surface area contributed by atoms with E-state index in [0.29, 0.717) is 0 Å². The number of fused-ring (bicyclic) bond motifs is 1. The molecule has 0 bridgehead atoms. The summed E-state index contributed by atoms with van der Waals surface area (Å²) in [4.78, 5) is 0.854. The Morgan fingerprint density at radius 2 is 1.68 bits per heavy atom. The van der Waals surface area contributed by atoms with Crippen molar-refractivity contribution in [1.82, 2.24) is 4.57 Å². The zero-order chi connectivity index (χ0) is 15.4. The Kier molecular flexibility index (Phi) is 5.11. The van der Waals surface area contributed by atoms with E-state index in [2.05, 4.69) is 38.7 Å². The predicted molar refractivity (Wildman–Crippen MR) is 96.1 cm³/mol. The van der Waals surface area contributed by atoms with Crippen LogP contribution in [0.2, 0.25) is 0 Å². The SMILES string of the molecule is O=S(c1ccccc1)c1cc2ccccc2n1CCCCBr. The summed E-state index contributed by atoms with van der Waals surface area (Å²) in [5, 5.41) is 3.05. The van der Waals surface area contributed by atoms with Crippen LogP contribution in [-0.4, -0.2) is 14.1 Å². The van der Waals surface area contributed by atoms with Gasteiger partial charge in [-0.1, -0.05) is 52.3 Å². The molecule has 0 saturated carbocycles. The number of rotatable bonds is 6. The van der Waals surface area contributed by atoms with Crippen molar-refractivity contribution in [3.8, 4) is 0 Å².